The standard InChI is InChI=1S/C20H29N3O2/c24-19(21-16-10-5-1-2-6-11-16)17-12-9-13-18(22-17)20(25)23-14-7-3-4-8-15-23/h9,12-13,16H,1-8,10-11,14-15H2,(H,21,24). The molecule has 5 heteroatoms. The topological polar surface area (TPSA) is 62.3 Å². The number of likely N-dealkylation sites (tertiary alicyclic amines) is 1. The van der Waals surface area contributed by atoms with Gasteiger partial charge in [-0.1, -0.05) is 44.6 Å². The third-order valence-electron chi connectivity index (χ3n) is 5.28. The number of pyridine rings is 1. The van der Waals surface area contributed by atoms with Crippen molar-refractivity contribution in [3.63, 3.8) is 0 Å². The van der Waals surface area contributed by atoms with E-state index >= 15 is 0 Å². The molecule has 1 saturated carbocycles. The van der Waals surface area contributed by atoms with Crippen LogP contribution in [0.3, 0.4) is 0 Å². The van der Waals surface area contributed by atoms with Crippen LogP contribution in [0.5, 0.6) is 0 Å². The van der Waals surface area contributed by atoms with E-state index in [1.165, 1.54) is 38.5 Å². The lowest BCUT2D eigenvalue weighted by molar-refractivity contribution is 0.0755. The minimum atomic E-state index is -0.155. The highest BCUT2D eigenvalue weighted by Gasteiger charge is 2.21. The fourth-order valence-electron chi connectivity index (χ4n) is 3.80. The Kier molecular flexibility index (Phi) is 6.42. The van der Waals surface area contributed by atoms with Gasteiger partial charge in [0.1, 0.15) is 11.4 Å². The lowest BCUT2D eigenvalue weighted by atomic mass is 10.1. The highest BCUT2D eigenvalue weighted by atomic mass is 16.2. The van der Waals surface area contributed by atoms with Crippen LogP contribution in [0.15, 0.2) is 18.2 Å². The number of aromatic nitrogens is 1. The van der Waals surface area contributed by atoms with Crippen LogP contribution in [0.4, 0.5) is 0 Å². The smallest absolute Gasteiger partial charge is 0.272 e. The van der Waals surface area contributed by atoms with Crippen molar-refractivity contribution >= 4 is 11.8 Å². The van der Waals surface area contributed by atoms with Crippen LogP contribution >= 0.6 is 0 Å². The molecule has 136 valence electrons. The molecule has 2 heterocycles. The van der Waals surface area contributed by atoms with Gasteiger partial charge in [-0.2, -0.15) is 0 Å². The minimum Gasteiger partial charge on any atom is -0.348 e. The average molecular weight is 343 g/mol. The first-order chi connectivity index (χ1) is 12.2. The van der Waals surface area contributed by atoms with Crippen LogP contribution in [0.2, 0.25) is 0 Å². The van der Waals surface area contributed by atoms with Crippen molar-refractivity contribution in [3.8, 4) is 0 Å². The third-order valence-corrected chi connectivity index (χ3v) is 5.28. The molecule has 1 aliphatic heterocycles. The number of carbonyl (C=O) groups excluding carboxylic acids is 2. The van der Waals surface area contributed by atoms with Gasteiger partial charge < -0.3 is 10.2 Å². The van der Waals surface area contributed by atoms with E-state index in [-0.39, 0.29) is 17.9 Å². The number of hydrogen-bond acceptors (Lipinski definition) is 3. The van der Waals surface area contributed by atoms with Gasteiger partial charge >= 0.3 is 0 Å². The van der Waals surface area contributed by atoms with E-state index in [9.17, 15) is 9.59 Å². The predicted octanol–water partition coefficient (Wildman–Crippen LogP) is 3.55. The Morgan fingerprint density at radius 1 is 0.880 bits per heavy atom. The van der Waals surface area contributed by atoms with E-state index < -0.39 is 0 Å². The van der Waals surface area contributed by atoms with E-state index in [1.54, 1.807) is 18.2 Å². The van der Waals surface area contributed by atoms with Crippen molar-refractivity contribution in [1.29, 1.82) is 0 Å². The first-order valence-electron chi connectivity index (χ1n) is 9.81. The van der Waals surface area contributed by atoms with Gasteiger partial charge in [0.2, 0.25) is 0 Å². The molecule has 25 heavy (non-hydrogen) atoms. The molecule has 0 bridgehead atoms. The highest BCUT2D eigenvalue weighted by molar-refractivity contribution is 5.96. The van der Waals surface area contributed by atoms with Gasteiger partial charge in [0, 0.05) is 19.1 Å². The van der Waals surface area contributed by atoms with Gasteiger partial charge in [-0.25, -0.2) is 4.98 Å². The SMILES string of the molecule is O=C(NC1CCCCCC1)c1cccc(C(=O)N2CCCCCC2)n1. The average Bonchev–Trinajstić information content (AvgIpc) is 3.06. The zero-order chi connectivity index (χ0) is 17.5. The highest BCUT2D eigenvalue weighted by Crippen LogP contribution is 2.18. The van der Waals surface area contributed by atoms with Gasteiger partial charge in [-0.3, -0.25) is 9.59 Å². The monoisotopic (exact) mass is 343 g/mol. The Balaban J connectivity index is 1.65. The molecule has 1 aliphatic carbocycles. The second-order valence-corrected chi connectivity index (χ2v) is 7.28. The van der Waals surface area contributed by atoms with Crippen molar-refractivity contribution in [2.75, 3.05) is 13.1 Å². The molecule has 0 aromatic carbocycles. The minimum absolute atomic E-state index is 0.0500. The summed E-state index contributed by atoms with van der Waals surface area (Å²) in [6.45, 7) is 1.58. The molecular weight excluding hydrogens is 314 g/mol. The fourth-order valence-corrected chi connectivity index (χ4v) is 3.80. The summed E-state index contributed by atoms with van der Waals surface area (Å²) in [7, 11) is 0. The number of nitrogens with zero attached hydrogens (tertiary/aromatic N) is 2. The number of rotatable bonds is 3. The second-order valence-electron chi connectivity index (χ2n) is 7.28. The Labute approximate surface area is 150 Å². The molecule has 1 aromatic heterocycles. The maximum atomic E-state index is 12.7. The molecule has 5 nitrogen and oxygen atoms in total. The molecule has 0 spiro atoms. The maximum absolute atomic E-state index is 12.7. The summed E-state index contributed by atoms with van der Waals surface area (Å²) >= 11 is 0. The molecular formula is C20H29N3O2. The Morgan fingerprint density at radius 3 is 2.16 bits per heavy atom. The molecule has 2 fully saturated rings. The van der Waals surface area contributed by atoms with E-state index in [2.05, 4.69) is 10.3 Å². The largest absolute Gasteiger partial charge is 0.348 e. The summed E-state index contributed by atoms with van der Waals surface area (Å²) in [5, 5.41) is 3.10. The van der Waals surface area contributed by atoms with E-state index in [1.807, 2.05) is 4.90 Å². The first-order valence-corrected chi connectivity index (χ1v) is 9.81. The second kappa shape index (κ2) is 8.97. The van der Waals surface area contributed by atoms with Gasteiger partial charge in [-0.15, -0.1) is 0 Å². The van der Waals surface area contributed by atoms with Crippen molar-refractivity contribution < 1.29 is 9.59 Å². The van der Waals surface area contributed by atoms with Crippen molar-refractivity contribution in [1.82, 2.24) is 15.2 Å². The number of nitrogens with one attached hydrogen (secondary N) is 1. The van der Waals surface area contributed by atoms with Crippen LogP contribution in [-0.2, 0) is 0 Å². The summed E-state index contributed by atoms with van der Waals surface area (Å²) < 4.78 is 0. The third kappa shape index (κ3) is 5.03. The van der Waals surface area contributed by atoms with Crippen LogP contribution in [0, 0.1) is 0 Å². The summed E-state index contributed by atoms with van der Waals surface area (Å²) in [6, 6.07) is 5.42. The number of amides is 2. The summed E-state index contributed by atoms with van der Waals surface area (Å²) in [5.74, 6) is -0.205. The van der Waals surface area contributed by atoms with Crippen LogP contribution in [0.25, 0.3) is 0 Å². The van der Waals surface area contributed by atoms with Gasteiger partial charge in [0.05, 0.1) is 0 Å². The van der Waals surface area contributed by atoms with Crippen molar-refractivity contribution in [2.45, 2.75) is 70.3 Å². The molecule has 2 amide bonds. The van der Waals surface area contributed by atoms with Gasteiger partial charge in [0.15, 0.2) is 0 Å². The van der Waals surface area contributed by atoms with Crippen molar-refractivity contribution in [3.05, 3.63) is 29.6 Å². The lowest BCUT2D eigenvalue weighted by Crippen LogP contribution is -2.36. The molecule has 3 rings (SSSR count). The zero-order valence-electron chi connectivity index (χ0n) is 15.0. The predicted molar refractivity (Wildman–Crippen MR) is 97.6 cm³/mol. The lowest BCUT2D eigenvalue weighted by Gasteiger charge is -2.20. The molecule has 0 unspecified atom stereocenters. The molecule has 0 atom stereocenters. The maximum Gasteiger partial charge on any atom is 0.272 e. The molecule has 0 radical (unpaired) electrons. The Hall–Kier alpha value is -1.91. The number of hydrogen-bond donors (Lipinski definition) is 1. The number of carbonyl (C=O) groups is 2. The van der Waals surface area contributed by atoms with Crippen molar-refractivity contribution in [2.24, 2.45) is 0 Å². The molecule has 1 N–H and O–H groups in total. The quantitative estimate of drug-likeness (QED) is 0.854. The zero-order valence-corrected chi connectivity index (χ0v) is 15.0. The summed E-state index contributed by atoms with van der Waals surface area (Å²) in [4.78, 5) is 31.5. The van der Waals surface area contributed by atoms with E-state index in [0.717, 1.165) is 38.8 Å². The van der Waals surface area contributed by atoms with Crippen LogP contribution < -0.4 is 5.32 Å². The van der Waals surface area contributed by atoms with E-state index in [4.69, 9.17) is 0 Å². The molecule has 1 aromatic rings. The normalized spacial score (nSPS) is 19.8. The Bertz CT molecular complexity index is 586. The summed E-state index contributed by atoms with van der Waals surface area (Å²) in [6.07, 6.45) is 11.4. The van der Waals surface area contributed by atoms with Crippen LogP contribution in [-0.4, -0.2) is 40.8 Å². The first kappa shape index (κ1) is 17.9. The summed E-state index contributed by atoms with van der Waals surface area (Å²) in [5.41, 5.74) is 0.736. The van der Waals surface area contributed by atoms with Crippen LogP contribution in [0.1, 0.15) is 85.2 Å². The fraction of sp³-hybridized carbons (Fsp3) is 0.650. The van der Waals surface area contributed by atoms with E-state index in [0.29, 0.717) is 11.4 Å². The van der Waals surface area contributed by atoms with Gasteiger partial charge in [-0.05, 0) is 37.8 Å². The van der Waals surface area contributed by atoms with Gasteiger partial charge in [0.25, 0.3) is 11.8 Å². The molecule has 2 aliphatic rings. The Morgan fingerprint density at radius 2 is 1.48 bits per heavy atom. The molecule has 1 saturated heterocycles.